The fraction of sp³-hybridized carbons (Fsp3) is 0.538. The molecule has 0 N–H and O–H groups in total. The van der Waals surface area contributed by atoms with Crippen molar-refractivity contribution in [3.05, 3.63) is 29.6 Å². The second-order valence-corrected chi connectivity index (χ2v) is 4.40. The van der Waals surface area contributed by atoms with Gasteiger partial charge in [0.1, 0.15) is 5.82 Å². The van der Waals surface area contributed by atoms with Gasteiger partial charge in [-0.25, -0.2) is 4.39 Å². The molecule has 1 aromatic rings. The molecule has 0 aromatic heterocycles. The van der Waals surface area contributed by atoms with Gasteiger partial charge in [0.15, 0.2) is 0 Å². The van der Waals surface area contributed by atoms with E-state index in [-0.39, 0.29) is 11.2 Å². The number of hydrogen-bond acceptors (Lipinski definition) is 1. The van der Waals surface area contributed by atoms with E-state index in [2.05, 4.69) is 18.7 Å². The highest BCUT2D eigenvalue weighted by Gasteiger charge is 2.33. The van der Waals surface area contributed by atoms with Crippen LogP contribution in [0.25, 0.3) is 0 Å². The van der Waals surface area contributed by atoms with Gasteiger partial charge in [-0.1, -0.05) is 27.7 Å². The summed E-state index contributed by atoms with van der Waals surface area (Å²) >= 11 is 0. The summed E-state index contributed by atoms with van der Waals surface area (Å²) in [4.78, 5) is 2.18. The lowest BCUT2D eigenvalue weighted by atomic mass is 9.87. The Balaban J connectivity index is 0.000000531. The highest BCUT2D eigenvalue weighted by atomic mass is 19.1. The Morgan fingerprint density at radius 2 is 1.87 bits per heavy atom. The normalized spacial score (nSPS) is 16.8. The van der Waals surface area contributed by atoms with E-state index >= 15 is 0 Å². The summed E-state index contributed by atoms with van der Waals surface area (Å²) in [6.07, 6.45) is 0. The minimum Gasteiger partial charge on any atom is -0.373 e. The number of hydrogen-bond donors (Lipinski definition) is 0. The first-order valence-electron chi connectivity index (χ1n) is 5.52. The molecule has 0 spiro atoms. The fourth-order valence-corrected chi connectivity index (χ4v) is 2.15. The zero-order chi connectivity index (χ0) is 11.6. The molecule has 0 amide bonds. The summed E-state index contributed by atoms with van der Waals surface area (Å²) < 4.78 is 13.0. The van der Waals surface area contributed by atoms with Gasteiger partial charge in [-0.05, 0) is 23.8 Å². The maximum Gasteiger partial charge on any atom is 0.123 e. The third kappa shape index (κ3) is 2.14. The average molecular weight is 209 g/mol. The first-order chi connectivity index (χ1) is 7.00. The molecule has 0 unspecified atom stereocenters. The zero-order valence-electron chi connectivity index (χ0n) is 10.3. The van der Waals surface area contributed by atoms with E-state index in [9.17, 15) is 4.39 Å². The van der Waals surface area contributed by atoms with Crippen LogP contribution in [0.2, 0.25) is 0 Å². The predicted octanol–water partition coefficient (Wildman–Crippen LogP) is 3.58. The number of nitrogens with zero attached hydrogens (tertiary/aromatic N) is 1. The van der Waals surface area contributed by atoms with Crippen LogP contribution in [0.15, 0.2) is 18.2 Å². The summed E-state index contributed by atoms with van der Waals surface area (Å²) in [7, 11) is 2.05. The van der Waals surface area contributed by atoms with Crippen molar-refractivity contribution in [2.45, 2.75) is 33.1 Å². The molecule has 0 aliphatic carbocycles. The Bertz CT molecular complexity index is 344. The van der Waals surface area contributed by atoms with Gasteiger partial charge in [0.2, 0.25) is 0 Å². The van der Waals surface area contributed by atoms with E-state index in [1.54, 1.807) is 6.07 Å². The molecule has 0 fully saturated rings. The van der Waals surface area contributed by atoms with E-state index in [0.717, 1.165) is 17.8 Å². The SMILES string of the molecule is CC.CN1CC(C)(C)c2cc(F)ccc21. The van der Waals surface area contributed by atoms with Gasteiger partial charge < -0.3 is 4.90 Å². The van der Waals surface area contributed by atoms with Gasteiger partial charge in [-0.2, -0.15) is 0 Å². The summed E-state index contributed by atoms with van der Waals surface area (Å²) in [5, 5.41) is 0. The van der Waals surface area contributed by atoms with E-state index in [4.69, 9.17) is 0 Å². The summed E-state index contributed by atoms with van der Waals surface area (Å²) in [5.74, 6) is -0.137. The Morgan fingerprint density at radius 3 is 2.47 bits per heavy atom. The van der Waals surface area contributed by atoms with Crippen molar-refractivity contribution in [3.63, 3.8) is 0 Å². The minimum atomic E-state index is -0.137. The van der Waals surface area contributed by atoms with Gasteiger partial charge in [0, 0.05) is 24.7 Å². The molecule has 84 valence electrons. The number of anilines is 1. The maximum absolute atomic E-state index is 13.0. The third-order valence-electron chi connectivity index (χ3n) is 2.73. The third-order valence-corrected chi connectivity index (χ3v) is 2.73. The van der Waals surface area contributed by atoms with E-state index in [0.29, 0.717) is 0 Å². The molecule has 0 bridgehead atoms. The van der Waals surface area contributed by atoms with Crippen molar-refractivity contribution in [1.29, 1.82) is 0 Å². The second-order valence-electron chi connectivity index (χ2n) is 4.40. The first-order valence-corrected chi connectivity index (χ1v) is 5.52. The molecule has 2 rings (SSSR count). The molecular weight excluding hydrogens is 189 g/mol. The first kappa shape index (κ1) is 12.0. The van der Waals surface area contributed by atoms with E-state index < -0.39 is 0 Å². The number of rotatable bonds is 0. The van der Waals surface area contributed by atoms with Gasteiger partial charge >= 0.3 is 0 Å². The molecular formula is C13H20FN. The smallest absolute Gasteiger partial charge is 0.123 e. The molecule has 1 aliphatic heterocycles. The molecule has 0 saturated carbocycles. The Labute approximate surface area is 91.9 Å². The van der Waals surface area contributed by atoms with Gasteiger partial charge in [0.05, 0.1) is 0 Å². The standard InChI is InChI=1S/C11H14FN.C2H6/c1-11(2)7-13(3)10-5-4-8(12)6-9(10)11;1-2/h4-6H,7H2,1-3H3;1-2H3. The molecule has 2 heteroatoms. The Hall–Kier alpha value is -1.05. The molecule has 1 heterocycles. The van der Waals surface area contributed by atoms with Gasteiger partial charge in [-0.15, -0.1) is 0 Å². The highest BCUT2D eigenvalue weighted by molar-refractivity contribution is 5.61. The lowest BCUT2D eigenvalue weighted by Gasteiger charge is -2.18. The molecule has 15 heavy (non-hydrogen) atoms. The average Bonchev–Trinajstić information content (AvgIpc) is 2.40. The number of likely N-dealkylation sites (N-methyl/N-ethyl adjacent to an activating group) is 1. The molecule has 0 radical (unpaired) electrons. The van der Waals surface area contributed by atoms with Crippen LogP contribution in [0, 0.1) is 5.82 Å². The largest absolute Gasteiger partial charge is 0.373 e. The van der Waals surface area contributed by atoms with Crippen LogP contribution in [0.3, 0.4) is 0 Å². The van der Waals surface area contributed by atoms with Crippen molar-refractivity contribution < 1.29 is 4.39 Å². The fourth-order valence-electron chi connectivity index (χ4n) is 2.15. The monoisotopic (exact) mass is 209 g/mol. The van der Waals surface area contributed by atoms with Gasteiger partial charge in [-0.3, -0.25) is 0 Å². The van der Waals surface area contributed by atoms with E-state index in [1.165, 1.54) is 6.07 Å². The van der Waals surface area contributed by atoms with Crippen molar-refractivity contribution in [2.75, 3.05) is 18.5 Å². The van der Waals surface area contributed by atoms with E-state index in [1.807, 2.05) is 27.0 Å². The van der Waals surface area contributed by atoms with Crippen LogP contribution in [0.4, 0.5) is 10.1 Å². The summed E-state index contributed by atoms with van der Waals surface area (Å²) in [6.45, 7) is 9.26. The maximum atomic E-state index is 13.0. The lowest BCUT2D eigenvalue weighted by Crippen LogP contribution is -2.24. The number of fused-ring (bicyclic) bond motifs is 1. The van der Waals surface area contributed by atoms with Crippen molar-refractivity contribution in [3.8, 4) is 0 Å². The summed E-state index contributed by atoms with van der Waals surface area (Å²) in [6, 6.07) is 5.04. The van der Waals surface area contributed by atoms with Crippen LogP contribution in [-0.4, -0.2) is 13.6 Å². The Kier molecular flexibility index (Phi) is 3.38. The predicted molar refractivity (Wildman–Crippen MR) is 64.0 cm³/mol. The minimum absolute atomic E-state index is 0.0756. The van der Waals surface area contributed by atoms with Crippen LogP contribution < -0.4 is 4.90 Å². The van der Waals surface area contributed by atoms with Gasteiger partial charge in [0.25, 0.3) is 0 Å². The molecule has 0 saturated heterocycles. The molecule has 1 aliphatic rings. The molecule has 0 atom stereocenters. The lowest BCUT2D eigenvalue weighted by molar-refractivity contribution is 0.555. The molecule has 1 aromatic carbocycles. The van der Waals surface area contributed by atoms with Crippen molar-refractivity contribution in [2.24, 2.45) is 0 Å². The quantitative estimate of drug-likeness (QED) is 0.631. The number of benzene rings is 1. The van der Waals surface area contributed by atoms with Crippen LogP contribution >= 0.6 is 0 Å². The number of halogens is 1. The van der Waals surface area contributed by atoms with Crippen LogP contribution in [-0.2, 0) is 5.41 Å². The van der Waals surface area contributed by atoms with Crippen LogP contribution in [0.1, 0.15) is 33.3 Å². The topological polar surface area (TPSA) is 3.24 Å². The highest BCUT2D eigenvalue weighted by Crippen LogP contribution is 2.39. The van der Waals surface area contributed by atoms with Crippen molar-refractivity contribution in [1.82, 2.24) is 0 Å². The summed E-state index contributed by atoms with van der Waals surface area (Å²) in [5.41, 5.74) is 2.35. The zero-order valence-corrected chi connectivity index (χ0v) is 10.3. The second kappa shape index (κ2) is 4.21. The van der Waals surface area contributed by atoms with Crippen molar-refractivity contribution >= 4 is 5.69 Å². The Morgan fingerprint density at radius 1 is 1.27 bits per heavy atom. The molecule has 1 nitrogen and oxygen atoms in total. The van der Waals surface area contributed by atoms with Crippen LogP contribution in [0.5, 0.6) is 0 Å².